The van der Waals surface area contributed by atoms with E-state index in [1.807, 2.05) is 20.8 Å². The summed E-state index contributed by atoms with van der Waals surface area (Å²) in [6.45, 7) is 8.12. The zero-order chi connectivity index (χ0) is 18.3. The number of esters is 1. The summed E-state index contributed by atoms with van der Waals surface area (Å²) in [4.78, 5) is 24.9. The van der Waals surface area contributed by atoms with Crippen molar-refractivity contribution < 1.29 is 19.4 Å². The van der Waals surface area contributed by atoms with Crippen LogP contribution < -0.4 is 5.32 Å². The summed E-state index contributed by atoms with van der Waals surface area (Å²) in [6, 6.07) is 3.35. The van der Waals surface area contributed by atoms with Crippen molar-refractivity contribution in [2.24, 2.45) is 5.41 Å². The number of allylic oxidation sites excluding steroid dienone is 1. The van der Waals surface area contributed by atoms with Crippen LogP contribution in [0.1, 0.15) is 39.0 Å². The highest BCUT2D eigenvalue weighted by atomic mass is 32.1. The van der Waals surface area contributed by atoms with Crippen molar-refractivity contribution in [3.8, 4) is 0 Å². The summed E-state index contributed by atoms with van der Waals surface area (Å²) in [6.07, 6.45) is 0.706. The second-order valence-electron chi connectivity index (χ2n) is 6.36. The number of ether oxygens (including phenoxy) is 1. The first-order valence-corrected chi connectivity index (χ1v) is 8.56. The molecule has 0 aliphatic carbocycles. The zero-order valence-corrected chi connectivity index (χ0v) is 15.3. The van der Waals surface area contributed by atoms with Crippen molar-refractivity contribution in [3.05, 3.63) is 33.7 Å². The van der Waals surface area contributed by atoms with Gasteiger partial charge in [0.1, 0.15) is 5.71 Å². The van der Waals surface area contributed by atoms with Crippen LogP contribution in [0.5, 0.6) is 0 Å². The van der Waals surface area contributed by atoms with E-state index in [4.69, 9.17) is 10.1 Å². The first-order chi connectivity index (χ1) is 11.2. The first kappa shape index (κ1) is 19.9. The average Bonchev–Trinajstić information content (AvgIpc) is 2.99. The lowest BCUT2D eigenvalue weighted by Crippen LogP contribution is -2.33. The molecule has 0 aromatic carbocycles. The average molecular weight is 352 g/mol. The molecule has 6 nitrogen and oxygen atoms in total. The van der Waals surface area contributed by atoms with Crippen LogP contribution in [0.2, 0.25) is 0 Å². The Bertz CT molecular complexity index is 628. The second-order valence-corrected chi connectivity index (χ2v) is 7.31. The number of aliphatic hydroxyl groups is 1. The van der Waals surface area contributed by atoms with E-state index in [0.29, 0.717) is 17.8 Å². The van der Waals surface area contributed by atoms with Crippen molar-refractivity contribution >= 4 is 28.9 Å². The van der Waals surface area contributed by atoms with Crippen LogP contribution in [0.3, 0.4) is 0 Å². The molecule has 0 aliphatic rings. The van der Waals surface area contributed by atoms with Gasteiger partial charge in [-0.3, -0.25) is 10.2 Å². The molecule has 1 amide bonds. The van der Waals surface area contributed by atoms with Crippen LogP contribution in [-0.2, 0) is 14.3 Å². The standard InChI is InChI=1S/C17H24N2O4S/c1-5-23-16(22)12(15(21)19-9-8-17(2,3)4)14(20)13(18)11-7-6-10-24-11/h6-7,10,18,20H,5,8-9H2,1-4H3,(H,19,21)/b14-12-,18-13?. The Balaban J connectivity index is 3.02. The van der Waals surface area contributed by atoms with Gasteiger partial charge < -0.3 is 15.2 Å². The normalized spacial score (nSPS) is 12.3. The number of hydrogen-bond acceptors (Lipinski definition) is 6. The van der Waals surface area contributed by atoms with Crippen LogP contribution in [0.25, 0.3) is 0 Å². The van der Waals surface area contributed by atoms with Gasteiger partial charge in [-0.2, -0.15) is 0 Å². The summed E-state index contributed by atoms with van der Waals surface area (Å²) < 4.78 is 4.85. The van der Waals surface area contributed by atoms with Gasteiger partial charge >= 0.3 is 5.97 Å². The minimum atomic E-state index is -0.940. The molecule has 1 aromatic heterocycles. The molecular weight excluding hydrogens is 328 g/mol. The maximum atomic E-state index is 12.3. The van der Waals surface area contributed by atoms with Crippen LogP contribution in [-0.4, -0.2) is 35.8 Å². The number of amides is 1. The molecule has 1 rings (SSSR count). The van der Waals surface area contributed by atoms with E-state index >= 15 is 0 Å². The monoisotopic (exact) mass is 352 g/mol. The Kier molecular flexibility index (Phi) is 7.16. The van der Waals surface area contributed by atoms with Gasteiger partial charge in [-0.1, -0.05) is 26.8 Å². The summed E-state index contributed by atoms with van der Waals surface area (Å²) in [5, 5.41) is 22.6. The fourth-order valence-corrected chi connectivity index (χ4v) is 2.48. The Morgan fingerprint density at radius 3 is 2.54 bits per heavy atom. The number of carbonyl (C=O) groups is 2. The van der Waals surface area contributed by atoms with E-state index in [1.165, 1.54) is 11.3 Å². The summed E-state index contributed by atoms with van der Waals surface area (Å²) >= 11 is 1.23. The van der Waals surface area contributed by atoms with Gasteiger partial charge in [-0.05, 0) is 30.2 Å². The van der Waals surface area contributed by atoms with Crippen molar-refractivity contribution in [1.82, 2.24) is 5.32 Å². The lowest BCUT2D eigenvalue weighted by molar-refractivity contribution is -0.140. The molecule has 0 radical (unpaired) electrons. The largest absolute Gasteiger partial charge is 0.505 e. The Morgan fingerprint density at radius 2 is 2.04 bits per heavy atom. The van der Waals surface area contributed by atoms with Crippen LogP contribution in [0, 0.1) is 10.8 Å². The third-order valence-corrected chi connectivity index (χ3v) is 4.00. The fourth-order valence-electron chi connectivity index (χ4n) is 1.80. The second kappa shape index (κ2) is 8.63. The highest BCUT2D eigenvalue weighted by molar-refractivity contribution is 7.12. The van der Waals surface area contributed by atoms with Crippen molar-refractivity contribution in [2.75, 3.05) is 13.2 Å². The molecule has 0 bridgehead atoms. The van der Waals surface area contributed by atoms with Crippen molar-refractivity contribution in [3.63, 3.8) is 0 Å². The van der Waals surface area contributed by atoms with Gasteiger partial charge in [-0.25, -0.2) is 4.79 Å². The Hall–Kier alpha value is -2.15. The van der Waals surface area contributed by atoms with Crippen LogP contribution in [0.15, 0.2) is 28.8 Å². The number of carbonyl (C=O) groups excluding carboxylic acids is 2. The molecule has 0 fully saturated rings. The maximum absolute atomic E-state index is 12.3. The summed E-state index contributed by atoms with van der Waals surface area (Å²) in [7, 11) is 0. The van der Waals surface area contributed by atoms with Gasteiger partial charge in [0, 0.05) is 6.54 Å². The first-order valence-electron chi connectivity index (χ1n) is 7.68. The molecule has 132 valence electrons. The summed E-state index contributed by atoms with van der Waals surface area (Å²) in [5.41, 5.74) is -0.796. The van der Waals surface area contributed by atoms with E-state index in [9.17, 15) is 14.7 Å². The molecular formula is C17H24N2O4S. The van der Waals surface area contributed by atoms with Crippen LogP contribution >= 0.6 is 11.3 Å². The van der Waals surface area contributed by atoms with Gasteiger partial charge in [0.05, 0.1) is 11.5 Å². The van der Waals surface area contributed by atoms with Crippen LogP contribution in [0.4, 0.5) is 0 Å². The van der Waals surface area contributed by atoms with Gasteiger partial charge in [0.15, 0.2) is 11.3 Å². The maximum Gasteiger partial charge on any atom is 0.347 e. The Labute approximate surface area is 146 Å². The Morgan fingerprint density at radius 1 is 1.38 bits per heavy atom. The van der Waals surface area contributed by atoms with E-state index in [1.54, 1.807) is 24.4 Å². The van der Waals surface area contributed by atoms with Crippen molar-refractivity contribution in [2.45, 2.75) is 34.1 Å². The molecule has 0 spiro atoms. The molecule has 0 saturated carbocycles. The lowest BCUT2D eigenvalue weighted by Gasteiger charge is -2.18. The smallest absolute Gasteiger partial charge is 0.347 e. The SMILES string of the molecule is CCOC(=O)/C(C(=O)NCCC(C)(C)C)=C(\O)C(=N)c1cccs1. The predicted molar refractivity (Wildman–Crippen MR) is 94.5 cm³/mol. The molecule has 24 heavy (non-hydrogen) atoms. The minimum absolute atomic E-state index is 0.0206. The van der Waals surface area contributed by atoms with Gasteiger partial charge in [0.2, 0.25) is 0 Å². The van der Waals surface area contributed by atoms with Gasteiger partial charge in [0.25, 0.3) is 5.91 Å². The molecule has 1 aromatic rings. The van der Waals surface area contributed by atoms with E-state index in [-0.39, 0.29) is 17.7 Å². The molecule has 0 aliphatic heterocycles. The fraction of sp³-hybridized carbons (Fsp3) is 0.471. The molecule has 0 atom stereocenters. The molecule has 7 heteroatoms. The molecule has 0 unspecified atom stereocenters. The van der Waals surface area contributed by atoms with E-state index < -0.39 is 23.2 Å². The highest BCUT2D eigenvalue weighted by Gasteiger charge is 2.27. The zero-order valence-electron chi connectivity index (χ0n) is 14.4. The van der Waals surface area contributed by atoms with Gasteiger partial charge in [-0.15, -0.1) is 11.3 Å². The quantitative estimate of drug-likeness (QED) is 0.175. The number of aliphatic hydroxyl groups excluding tert-OH is 1. The predicted octanol–water partition coefficient (Wildman–Crippen LogP) is 3.04. The lowest BCUT2D eigenvalue weighted by atomic mass is 9.92. The topological polar surface area (TPSA) is 99.5 Å². The van der Waals surface area contributed by atoms with Crippen molar-refractivity contribution in [1.29, 1.82) is 5.41 Å². The molecule has 0 saturated heterocycles. The third-order valence-electron chi connectivity index (χ3n) is 3.11. The van der Waals surface area contributed by atoms with E-state index in [0.717, 1.165) is 0 Å². The number of rotatable bonds is 7. The molecule has 1 heterocycles. The highest BCUT2D eigenvalue weighted by Crippen LogP contribution is 2.18. The molecule has 3 N–H and O–H groups in total. The summed E-state index contributed by atoms with van der Waals surface area (Å²) in [5.74, 6) is -2.36. The number of nitrogens with one attached hydrogen (secondary N) is 2. The third kappa shape index (κ3) is 5.81. The minimum Gasteiger partial charge on any atom is -0.505 e. The number of hydrogen-bond donors (Lipinski definition) is 3. The van der Waals surface area contributed by atoms with E-state index in [2.05, 4.69) is 5.32 Å². The number of thiophene rings is 1.